The van der Waals surface area contributed by atoms with E-state index < -0.39 is 11.2 Å². The van der Waals surface area contributed by atoms with Crippen LogP contribution in [0.4, 0.5) is 4.79 Å². The van der Waals surface area contributed by atoms with Gasteiger partial charge < -0.3 is 14.4 Å². The molecule has 2 aliphatic rings. The van der Waals surface area contributed by atoms with Gasteiger partial charge in [0, 0.05) is 37.1 Å². The van der Waals surface area contributed by atoms with Crippen LogP contribution in [0.25, 0.3) is 17.0 Å². The number of para-hydroxylation sites is 1. The van der Waals surface area contributed by atoms with Crippen LogP contribution in [0.5, 0.6) is 5.75 Å². The first-order valence-electron chi connectivity index (χ1n) is 12.5. The molecule has 192 valence electrons. The smallest absolute Gasteiger partial charge is 0.410 e. The highest BCUT2D eigenvalue weighted by Gasteiger charge is 2.40. The van der Waals surface area contributed by atoms with Gasteiger partial charge in [-0.25, -0.2) is 4.79 Å². The molecule has 0 aliphatic carbocycles. The first-order valence-corrected chi connectivity index (χ1v) is 12.5. The Balaban J connectivity index is 1.44. The fraction of sp³-hybridized carbons (Fsp3) is 0.393. The number of nitrogens with zero attached hydrogens (tertiary/aromatic N) is 5. The van der Waals surface area contributed by atoms with Crippen LogP contribution in [0.1, 0.15) is 51.7 Å². The van der Waals surface area contributed by atoms with E-state index >= 15 is 0 Å². The molecule has 1 saturated heterocycles. The second-order valence-corrected chi connectivity index (χ2v) is 10.6. The van der Waals surface area contributed by atoms with Crippen LogP contribution in [-0.4, -0.2) is 61.3 Å². The summed E-state index contributed by atoms with van der Waals surface area (Å²) in [7, 11) is 0. The van der Waals surface area contributed by atoms with Gasteiger partial charge in [-0.15, -0.1) is 10.2 Å². The zero-order valence-corrected chi connectivity index (χ0v) is 21.6. The van der Waals surface area contributed by atoms with Crippen LogP contribution in [0, 0.1) is 0 Å². The van der Waals surface area contributed by atoms with E-state index in [1.54, 1.807) is 4.90 Å². The average Bonchev–Trinajstić information content (AvgIpc) is 3.31. The number of benzene rings is 2. The Labute approximate surface area is 216 Å². The molecule has 37 heavy (non-hydrogen) atoms. The lowest BCUT2D eigenvalue weighted by atomic mass is 9.82. The van der Waals surface area contributed by atoms with Crippen LogP contribution >= 0.6 is 0 Å². The molecule has 1 aromatic heterocycles. The number of hydrogen-bond donors (Lipinski definition) is 0. The van der Waals surface area contributed by atoms with Crippen molar-refractivity contribution in [2.75, 3.05) is 13.1 Å². The normalized spacial score (nSPS) is 16.5. The maximum Gasteiger partial charge on any atom is 0.410 e. The molecule has 5 rings (SSSR count). The number of aromatic nitrogens is 4. The third kappa shape index (κ3) is 5.40. The van der Waals surface area contributed by atoms with Crippen molar-refractivity contribution in [3.05, 3.63) is 65.7 Å². The van der Waals surface area contributed by atoms with Crippen molar-refractivity contribution in [2.45, 2.75) is 58.3 Å². The van der Waals surface area contributed by atoms with Gasteiger partial charge in [0.05, 0.1) is 0 Å². The molecule has 9 nitrogen and oxygen atoms in total. The Morgan fingerprint density at radius 2 is 1.78 bits per heavy atom. The van der Waals surface area contributed by atoms with Gasteiger partial charge in [0.25, 0.3) is 0 Å². The summed E-state index contributed by atoms with van der Waals surface area (Å²) in [6.45, 7) is 8.30. The fourth-order valence-electron chi connectivity index (χ4n) is 4.70. The van der Waals surface area contributed by atoms with E-state index in [1.165, 1.54) is 11.7 Å². The Morgan fingerprint density at radius 3 is 2.51 bits per heavy atom. The second kappa shape index (κ2) is 9.46. The lowest BCUT2D eigenvalue weighted by molar-refractivity contribution is -0.117. The topological polar surface area (TPSA) is 99.4 Å². The minimum absolute atomic E-state index is 0.0373. The summed E-state index contributed by atoms with van der Waals surface area (Å²) in [5.41, 5.74) is 2.83. The molecule has 0 bridgehead atoms. The maximum atomic E-state index is 12.6. The van der Waals surface area contributed by atoms with Crippen molar-refractivity contribution in [1.82, 2.24) is 25.1 Å². The summed E-state index contributed by atoms with van der Waals surface area (Å²) in [5, 5.41) is 12.5. The minimum atomic E-state index is -0.531. The summed E-state index contributed by atoms with van der Waals surface area (Å²) in [4.78, 5) is 27.1. The van der Waals surface area contributed by atoms with Crippen LogP contribution in [-0.2, 0) is 16.1 Å². The third-order valence-electron chi connectivity index (χ3n) is 6.41. The lowest BCUT2D eigenvalue weighted by Gasteiger charge is -2.43. The van der Waals surface area contributed by atoms with E-state index in [9.17, 15) is 9.59 Å². The van der Waals surface area contributed by atoms with Crippen molar-refractivity contribution in [3.63, 3.8) is 0 Å². The molecular formula is C28H31N5O4. The molecule has 3 heterocycles. The molecule has 1 amide bonds. The Morgan fingerprint density at radius 1 is 1.05 bits per heavy atom. The molecule has 0 unspecified atom stereocenters. The van der Waals surface area contributed by atoms with E-state index in [-0.39, 0.29) is 18.4 Å². The van der Waals surface area contributed by atoms with Gasteiger partial charge in [-0.3, -0.25) is 4.79 Å². The highest BCUT2D eigenvalue weighted by atomic mass is 16.6. The molecular weight excluding hydrogens is 470 g/mol. The SMILES string of the molecule is CC(=O)Cn1nnc(-c2cccc(C3=CC4(CCN(C(=O)OC(C)(C)C)CC4)Oc4ccccc43)c2)n1. The number of carbonyl (C=O) groups excluding carboxylic acids is 2. The molecule has 3 aromatic rings. The summed E-state index contributed by atoms with van der Waals surface area (Å²) in [5.74, 6) is 1.25. The summed E-state index contributed by atoms with van der Waals surface area (Å²) >= 11 is 0. The zero-order valence-electron chi connectivity index (χ0n) is 21.6. The van der Waals surface area contributed by atoms with Crippen LogP contribution in [0.2, 0.25) is 0 Å². The highest BCUT2D eigenvalue weighted by Crippen LogP contribution is 2.43. The van der Waals surface area contributed by atoms with Gasteiger partial charge in [0.2, 0.25) is 5.82 Å². The van der Waals surface area contributed by atoms with Crippen molar-refractivity contribution in [3.8, 4) is 17.1 Å². The molecule has 0 saturated carbocycles. The predicted molar refractivity (Wildman–Crippen MR) is 138 cm³/mol. The van der Waals surface area contributed by atoms with Crippen LogP contribution in [0.15, 0.2) is 54.6 Å². The number of rotatable bonds is 4. The average molecular weight is 502 g/mol. The molecule has 2 aromatic carbocycles. The van der Waals surface area contributed by atoms with E-state index in [1.807, 2.05) is 57.2 Å². The number of likely N-dealkylation sites (tertiary alicyclic amines) is 1. The second-order valence-electron chi connectivity index (χ2n) is 10.6. The van der Waals surface area contributed by atoms with Gasteiger partial charge in [-0.2, -0.15) is 4.80 Å². The standard InChI is InChI=1S/C28H31N5O4/c1-19(34)18-33-30-25(29-31-33)21-9-7-8-20(16-21)23-17-28(36-24-11-6-5-10-22(23)24)12-14-32(15-13-28)26(35)37-27(2,3)4/h5-11,16-17H,12-15,18H2,1-4H3. The number of amides is 1. The van der Waals surface area contributed by atoms with Crippen molar-refractivity contribution in [1.29, 1.82) is 0 Å². The van der Waals surface area contributed by atoms with Gasteiger partial charge in [0.1, 0.15) is 23.5 Å². The molecule has 1 spiro atoms. The predicted octanol–water partition coefficient (Wildman–Crippen LogP) is 4.52. The van der Waals surface area contributed by atoms with E-state index in [4.69, 9.17) is 9.47 Å². The summed E-state index contributed by atoms with van der Waals surface area (Å²) in [6.07, 6.45) is 3.22. The first kappa shape index (κ1) is 24.7. The number of Topliss-reactive ketones (excluding diaryl/α,β-unsaturated/α-hetero) is 1. The highest BCUT2D eigenvalue weighted by molar-refractivity contribution is 5.86. The summed E-state index contributed by atoms with van der Waals surface area (Å²) in [6, 6.07) is 16.0. The molecule has 9 heteroatoms. The Hall–Kier alpha value is -4.01. The van der Waals surface area contributed by atoms with E-state index in [2.05, 4.69) is 33.6 Å². The Kier molecular flexibility index (Phi) is 6.31. The third-order valence-corrected chi connectivity index (χ3v) is 6.41. The number of carbonyl (C=O) groups is 2. The van der Waals surface area contributed by atoms with Gasteiger partial charge in [-0.1, -0.05) is 36.4 Å². The van der Waals surface area contributed by atoms with Gasteiger partial charge >= 0.3 is 6.09 Å². The number of fused-ring (bicyclic) bond motifs is 1. The molecule has 0 N–H and O–H groups in total. The zero-order chi connectivity index (χ0) is 26.2. The number of piperidine rings is 1. The Bertz CT molecular complexity index is 1360. The number of ketones is 1. The summed E-state index contributed by atoms with van der Waals surface area (Å²) < 4.78 is 12.1. The van der Waals surface area contributed by atoms with E-state index in [0.717, 1.165) is 28.0 Å². The van der Waals surface area contributed by atoms with Crippen molar-refractivity contribution < 1.29 is 19.1 Å². The monoisotopic (exact) mass is 501 g/mol. The van der Waals surface area contributed by atoms with Gasteiger partial charge in [0.15, 0.2) is 5.78 Å². The van der Waals surface area contributed by atoms with E-state index in [0.29, 0.717) is 31.8 Å². The number of hydrogen-bond acceptors (Lipinski definition) is 7. The molecule has 0 atom stereocenters. The lowest BCUT2D eigenvalue weighted by Crippen LogP contribution is -2.50. The van der Waals surface area contributed by atoms with Crippen molar-refractivity contribution >= 4 is 17.4 Å². The van der Waals surface area contributed by atoms with Gasteiger partial charge in [-0.05, 0) is 62.3 Å². The maximum absolute atomic E-state index is 12.6. The largest absolute Gasteiger partial charge is 0.482 e. The minimum Gasteiger partial charge on any atom is -0.482 e. The van der Waals surface area contributed by atoms with Crippen molar-refractivity contribution in [2.24, 2.45) is 0 Å². The molecule has 0 radical (unpaired) electrons. The molecule has 2 aliphatic heterocycles. The first-order chi connectivity index (χ1) is 17.6. The van der Waals surface area contributed by atoms with Crippen LogP contribution in [0.3, 0.4) is 0 Å². The van der Waals surface area contributed by atoms with Crippen LogP contribution < -0.4 is 4.74 Å². The number of tetrazole rings is 1. The quantitative estimate of drug-likeness (QED) is 0.518. The molecule has 1 fully saturated rings. The fourth-order valence-corrected chi connectivity index (χ4v) is 4.70. The number of ether oxygens (including phenoxy) is 2.